The van der Waals surface area contributed by atoms with Crippen LogP contribution in [0.2, 0.25) is 0 Å². The quantitative estimate of drug-likeness (QED) is 0.797. The first-order valence-corrected chi connectivity index (χ1v) is 7.42. The van der Waals surface area contributed by atoms with Crippen molar-refractivity contribution in [2.75, 3.05) is 24.6 Å². The third-order valence-electron chi connectivity index (χ3n) is 3.88. The maximum absolute atomic E-state index is 12.4. The molecule has 2 aliphatic rings. The smallest absolute Gasteiger partial charge is 0.227 e. The van der Waals surface area contributed by atoms with Gasteiger partial charge in [-0.15, -0.1) is 12.4 Å². The molecule has 1 heterocycles. The van der Waals surface area contributed by atoms with Crippen molar-refractivity contribution in [1.29, 1.82) is 0 Å². The molecule has 2 N–H and O–H groups in total. The van der Waals surface area contributed by atoms with Crippen molar-refractivity contribution >= 4 is 30.1 Å². The van der Waals surface area contributed by atoms with Crippen molar-refractivity contribution in [2.45, 2.75) is 38.1 Å². The van der Waals surface area contributed by atoms with Crippen molar-refractivity contribution < 1.29 is 4.79 Å². The first-order valence-electron chi connectivity index (χ1n) is 6.27. The maximum Gasteiger partial charge on any atom is 0.227 e. The van der Waals surface area contributed by atoms with Gasteiger partial charge in [0.05, 0.1) is 5.92 Å². The molecule has 0 spiro atoms. The van der Waals surface area contributed by atoms with E-state index in [1.165, 1.54) is 6.42 Å². The monoisotopic (exact) mass is 278 g/mol. The lowest BCUT2D eigenvalue weighted by Crippen LogP contribution is -2.54. The first kappa shape index (κ1) is 15.1. The Morgan fingerprint density at radius 2 is 2.00 bits per heavy atom. The molecular formula is C12H23ClN2OS. The van der Waals surface area contributed by atoms with Gasteiger partial charge in [0.2, 0.25) is 5.91 Å². The molecule has 17 heavy (non-hydrogen) atoms. The molecule has 100 valence electrons. The minimum atomic E-state index is -0.278. The Hall–Kier alpha value is 0.0700. The number of halogens is 1. The lowest BCUT2D eigenvalue weighted by atomic mass is 9.74. The van der Waals surface area contributed by atoms with E-state index in [0.717, 1.165) is 43.9 Å². The summed E-state index contributed by atoms with van der Waals surface area (Å²) in [6, 6.07) is 0. The third kappa shape index (κ3) is 3.52. The molecule has 1 amide bonds. The van der Waals surface area contributed by atoms with Gasteiger partial charge in [0.15, 0.2) is 0 Å². The Balaban J connectivity index is 0.00000144. The number of thioether (sulfide) groups is 1. The molecular weight excluding hydrogens is 256 g/mol. The molecule has 2 unspecified atom stereocenters. The highest BCUT2D eigenvalue weighted by Crippen LogP contribution is 2.33. The van der Waals surface area contributed by atoms with Crippen LogP contribution in [0.5, 0.6) is 0 Å². The SMILES string of the molecule is CC1(N)CCCCC1C(=O)N1CCSCC1.Cl. The van der Waals surface area contributed by atoms with E-state index in [2.05, 4.69) is 0 Å². The average Bonchev–Trinajstić information content (AvgIpc) is 2.29. The molecule has 0 aromatic heterocycles. The Morgan fingerprint density at radius 3 is 2.59 bits per heavy atom. The number of rotatable bonds is 1. The van der Waals surface area contributed by atoms with Crippen molar-refractivity contribution in [3.8, 4) is 0 Å². The van der Waals surface area contributed by atoms with Crippen LogP contribution in [0.15, 0.2) is 0 Å². The van der Waals surface area contributed by atoms with E-state index in [1.807, 2.05) is 23.6 Å². The number of carbonyl (C=O) groups excluding carboxylic acids is 1. The van der Waals surface area contributed by atoms with Crippen LogP contribution in [-0.2, 0) is 4.79 Å². The van der Waals surface area contributed by atoms with Crippen molar-refractivity contribution in [2.24, 2.45) is 11.7 Å². The van der Waals surface area contributed by atoms with Gasteiger partial charge in [0.25, 0.3) is 0 Å². The lowest BCUT2D eigenvalue weighted by Gasteiger charge is -2.40. The summed E-state index contributed by atoms with van der Waals surface area (Å²) in [6.45, 7) is 3.87. The normalized spacial score (nSPS) is 34.0. The fraction of sp³-hybridized carbons (Fsp3) is 0.917. The summed E-state index contributed by atoms with van der Waals surface area (Å²) in [6.07, 6.45) is 4.31. The van der Waals surface area contributed by atoms with Crippen molar-refractivity contribution in [3.63, 3.8) is 0 Å². The maximum atomic E-state index is 12.4. The number of amides is 1. The molecule has 1 aliphatic heterocycles. The predicted molar refractivity (Wildman–Crippen MR) is 75.7 cm³/mol. The van der Waals surface area contributed by atoms with Crippen LogP contribution in [0.4, 0.5) is 0 Å². The van der Waals surface area contributed by atoms with Gasteiger partial charge in [0.1, 0.15) is 0 Å². The second-order valence-electron chi connectivity index (χ2n) is 5.24. The van der Waals surface area contributed by atoms with Gasteiger partial charge in [-0.25, -0.2) is 0 Å². The van der Waals surface area contributed by atoms with Crippen LogP contribution in [0.1, 0.15) is 32.6 Å². The van der Waals surface area contributed by atoms with Crippen LogP contribution < -0.4 is 5.73 Å². The largest absolute Gasteiger partial charge is 0.341 e. The highest BCUT2D eigenvalue weighted by Gasteiger charge is 2.39. The fourth-order valence-corrected chi connectivity index (χ4v) is 3.67. The van der Waals surface area contributed by atoms with Gasteiger partial charge in [0, 0.05) is 30.1 Å². The Labute approximate surface area is 114 Å². The summed E-state index contributed by atoms with van der Waals surface area (Å²) in [5.74, 6) is 2.54. The molecule has 5 heteroatoms. The summed E-state index contributed by atoms with van der Waals surface area (Å²) >= 11 is 1.94. The van der Waals surface area contributed by atoms with Gasteiger partial charge >= 0.3 is 0 Å². The van der Waals surface area contributed by atoms with Crippen LogP contribution in [-0.4, -0.2) is 40.9 Å². The molecule has 2 rings (SSSR count). The van der Waals surface area contributed by atoms with Gasteiger partial charge in [-0.2, -0.15) is 11.8 Å². The van der Waals surface area contributed by atoms with E-state index in [9.17, 15) is 4.79 Å². The van der Waals surface area contributed by atoms with Crippen molar-refractivity contribution in [1.82, 2.24) is 4.90 Å². The van der Waals surface area contributed by atoms with Crippen LogP contribution in [0, 0.1) is 5.92 Å². The van der Waals surface area contributed by atoms with Gasteiger partial charge < -0.3 is 10.6 Å². The lowest BCUT2D eigenvalue weighted by molar-refractivity contribution is -0.138. The van der Waals surface area contributed by atoms with E-state index in [0.29, 0.717) is 5.91 Å². The number of hydrogen-bond donors (Lipinski definition) is 1. The third-order valence-corrected chi connectivity index (χ3v) is 4.82. The number of nitrogens with two attached hydrogens (primary N) is 1. The summed E-state index contributed by atoms with van der Waals surface area (Å²) in [4.78, 5) is 14.4. The summed E-state index contributed by atoms with van der Waals surface area (Å²) < 4.78 is 0. The molecule has 0 radical (unpaired) electrons. The van der Waals surface area contributed by atoms with Crippen molar-refractivity contribution in [3.05, 3.63) is 0 Å². The first-order chi connectivity index (χ1) is 7.61. The minimum absolute atomic E-state index is 0. The van der Waals surface area contributed by atoms with E-state index in [-0.39, 0.29) is 23.9 Å². The second-order valence-corrected chi connectivity index (χ2v) is 6.47. The summed E-state index contributed by atoms with van der Waals surface area (Å²) in [5.41, 5.74) is 6.00. The van der Waals surface area contributed by atoms with E-state index >= 15 is 0 Å². The number of nitrogens with zero attached hydrogens (tertiary/aromatic N) is 1. The van der Waals surface area contributed by atoms with Crippen LogP contribution in [0.25, 0.3) is 0 Å². The number of carbonyl (C=O) groups is 1. The van der Waals surface area contributed by atoms with E-state index in [1.54, 1.807) is 0 Å². The second kappa shape index (κ2) is 6.30. The molecule has 0 aromatic carbocycles. The zero-order chi connectivity index (χ0) is 11.6. The van der Waals surface area contributed by atoms with E-state index < -0.39 is 0 Å². The summed E-state index contributed by atoms with van der Waals surface area (Å²) in [5, 5.41) is 0. The van der Waals surface area contributed by atoms with Gasteiger partial charge in [-0.1, -0.05) is 12.8 Å². The van der Waals surface area contributed by atoms with Gasteiger partial charge in [-0.3, -0.25) is 4.79 Å². The molecule has 0 aromatic rings. The molecule has 1 saturated carbocycles. The number of hydrogen-bond acceptors (Lipinski definition) is 3. The molecule has 1 aliphatic carbocycles. The standard InChI is InChI=1S/C12H22N2OS.ClH/c1-12(13)5-3-2-4-10(12)11(15)14-6-8-16-9-7-14;/h10H,2-9,13H2,1H3;1H. The average molecular weight is 279 g/mol. The molecule has 2 atom stereocenters. The van der Waals surface area contributed by atoms with Crippen LogP contribution in [0.3, 0.4) is 0 Å². The fourth-order valence-electron chi connectivity index (χ4n) is 2.77. The molecule has 1 saturated heterocycles. The Kier molecular flexibility index (Phi) is 5.61. The zero-order valence-electron chi connectivity index (χ0n) is 10.5. The minimum Gasteiger partial charge on any atom is -0.341 e. The highest BCUT2D eigenvalue weighted by molar-refractivity contribution is 7.99. The zero-order valence-corrected chi connectivity index (χ0v) is 12.1. The van der Waals surface area contributed by atoms with Gasteiger partial charge in [-0.05, 0) is 19.8 Å². The summed E-state index contributed by atoms with van der Waals surface area (Å²) in [7, 11) is 0. The van der Waals surface area contributed by atoms with Crippen LogP contribution >= 0.6 is 24.2 Å². The Bertz CT molecular complexity index is 267. The predicted octanol–water partition coefficient (Wildman–Crippen LogP) is 1.89. The molecule has 2 fully saturated rings. The molecule has 0 bridgehead atoms. The Morgan fingerprint density at radius 1 is 1.35 bits per heavy atom. The van der Waals surface area contributed by atoms with E-state index in [4.69, 9.17) is 5.73 Å². The molecule has 3 nitrogen and oxygen atoms in total. The topological polar surface area (TPSA) is 46.3 Å². The highest BCUT2D eigenvalue weighted by atomic mass is 35.5.